The number of nitrogens with one attached hydrogen (secondary N) is 1. The molecule has 0 amide bonds. The number of aromatic nitrogens is 1. The van der Waals surface area contributed by atoms with E-state index in [1.165, 1.54) is 30.4 Å². The third kappa shape index (κ3) is 4.94. The van der Waals surface area contributed by atoms with Crippen LogP contribution in [0, 0.1) is 10.1 Å². The number of esters is 1. The number of para-hydroxylation sites is 2. The first-order valence-electron chi connectivity index (χ1n) is 12.3. The number of allylic oxidation sites excluding steroid dienone is 1. The quantitative estimate of drug-likeness (QED) is 0.278. The van der Waals surface area contributed by atoms with Crippen molar-refractivity contribution in [3.8, 4) is 0 Å². The largest absolute Gasteiger partial charge is 0.466 e. The topological polar surface area (TPSA) is 101 Å². The Morgan fingerprint density at radius 2 is 1.84 bits per heavy atom. The van der Waals surface area contributed by atoms with Crippen LogP contribution in [0.5, 0.6) is 0 Å². The SMILES string of the molecule is COC(=O)C1=C(C)Nc2snc(CCN3CCN(c4ccccc4)CC3)c2C1c1ccccc1[N+](=O)[O-]. The average molecular weight is 520 g/mol. The number of ether oxygens (including phenoxy) is 1. The number of carbonyl (C=O) groups excluding carboxylic acids is 1. The number of carbonyl (C=O) groups is 1. The van der Waals surface area contributed by atoms with E-state index >= 15 is 0 Å². The van der Waals surface area contributed by atoms with E-state index in [2.05, 4.69) is 39.4 Å². The summed E-state index contributed by atoms with van der Waals surface area (Å²) >= 11 is 1.33. The number of anilines is 2. The lowest BCUT2D eigenvalue weighted by atomic mass is 9.80. The highest BCUT2D eigenvalue weighted by atomic mass is 32.1. The van der Waals surface area contributed by atoms with Crippen molar-refractivity contribution in [3.63, 3.8) is 0 Å². The van der Waals surface area contributed by atoms with Crippen LogP contribution in [-0.4, -0.2) is 60.0 Å². The number of methoxy groups -OCH3 is 1. The Morgan fingerprint density at radius 3 is 2.54 bits per heavy atom. The minimum absolute atomic E-state index is 0.0243. The molecule has 0 radical (unpaired) electrons. The smallest absolute Gasteiger partial charge is 0.336 e. The summed E-state index contributed by atoms with van der Waals surface area (Å²) in [6.07, 6.45) is 0.684. The number of nitrogens with zero attached hydrogens (tertiary/aromatic N) is 4. The first kappa shape index (κ1) is 24.9. The molecule has 1 N–H and O–H groups in total. The molecule has 2 aromatic carbocycles. The molecule has 37 heavy (non-hydrogen) atoms. The van der Waals surface area contributed by atoms with Crippen LogP contribution in [0.3, 0.4) is 0 Å². The monoisotopic (exact) mass is 519 g/mol. The van der Waals surface area contributed by atoms with Gasteiger partial charge in [-0.25, -0.2) is 4.79 Å². The van der Waals surface area contributed by atoms with E-state index in [-0.39, 0.29) is 5.69 Å². The molecule has 3 aromatic rings. The van der Waals surface area contributed by atoms with Crippen molar-refractivity contribution in [1.29, 1.82) is 0 Å². The average Bonchev–Trinajstić information content (AvgIpc) is 3.33. The van der Waals surface area contributed by atoms with Gasteiger partial charge in [-0.15, -0.1) is 0 Å². The van der Waals surface area contributed by atoms with Crippen molar-refractivity contribution in [2.45, 2.75) is 19.3 Å². The van der Waals surface area contributed by atoms with Crippen LogP contribution in [0.25, 0.3) is 0 Å². The van der Waals surface area contributed by atoms with Crippen LogP contribution in [-0.2, 0) is 16.0 Å². The van der Waals surface area contributed by atoms with Crippen molar-refractivity contribution in [1.82, 2.24) is 9.27 Å². The van der Waals surface area contributed by atoms with Crippen molar-refractivity contribution < 1.29 is 14.5 Å². The van der Waals surface area contributed by atoms with Gasteiger partial charge in [0.15, 0.2) is 0 Å². The van der Waals surface area contributed by atoms with E-state index in [1.54, 1.807) is 25.1 Å². The van der Waals surface area contributed by atoms with E-state index in [0.717, 1.165) is 49.0 Å². The third-order valence-electron chi connectivity index (χ3n) is 7.09. The van der Waals surface area contributed by atoms with Crippen LogP contribution in [0.15, 0.2) is 65.9 Å². The Morgan fingerprint density at radius 1 is 1.14 bits per heavy atom. The number of hydrogen-bond donors (Lipinski definition) is 1. The molecule has 0 spiro atoms. The van der Waals surface area contributed by atoms with Gasteiger partial charge in [0.05, 0.1) is 29.2 Å². The number of nitro groups is 1. The second-order valence-electron chi connectivity index (χ2n) is 9.19. The van der Waals surface area contributed by atoms with Gasteiger partial charge in [0.2, 0.25) is 0 Å². The Bertz CT molecular complexity index is 1330. The predicted molar refractivity (Wildman–Crippen MR) is 144 cm³/mol. The van der Waals surface area contributed by atoms with Crippen molar-refractivity contribution in [2.75, 3.05) is 50.1 Å². The van der Waals surface area contributed by atoms with Crippen molar-refractivity contribution in [2.24, 2.45) is 0 Å². The molecule has 2 aliphatic heterocycles. The summed E-state index contributed by atoms with van der Waals surface area (Å²) < 4.78 is 9.85. The number of rotatable bonds is 7. The number of nitro benzene ring substituents is 1. The fraction of sp³-hybridized carbons (Fsp3) is 0.333. The summed E-state index contributed by atoms with van der Waals surface area (Å²) in [5.74, 6) is -1.14. The standard InChI is InChI=1S/C27H29N5O4S/c1-18-23(27(33)36-2)24(20-10-6-7-11-22(20)32(34)35)25-21(29-37-26(25)28-18)12-13-30-14-16-31(17-15-30)19-8-4-3-5-9-19/h3-11,24,28H,12-17H2,1-2H3. The molecule has 0 bridgehead atoms. The van der Waals surface area contributed by atoms with Crippen molar-refractivity contribution >= 4 is 33.9 Å². The molecule has 0 aliphatic carbocycles. The predicted octanol–water partition coefficient (Wildman–Crippen LogP) is 4.42. The van der Waals surface area contributed by atoms with E-state index in [0.29, 0.717) is 23.3 Å². The van der Waals surface area contributed by atoms with Crippen LogP contribution < -0.4 is 10.2 Å². The van der Waals surface area contributed by atoms with Crippen LogP contribution in [0.1, 0.15) is 29.7 Å². The molecule has 0 saturated carbocycles. The molecule has 1 saturated heterocycles. The number of piperazine rings is 1. The number of fused-ring (bicyclic) bond motifs is 1. The van der Waals surface area contributed by atoms with E-state index in [9.17, 15) is 14.9 Å². The fourth-order valence-corrected chi connectivity index (χ4v) is 6.14. The molecule has 1 fully saturated rings. The van der Waals surface area contributed by atoms with Gasteiger partial charge in [0.1, 0.15) is 5.00 Å². The highest BCUT2D eigenvalue weighted by Gasteiger charge is 2.39. The molecular formula is C27H29N5O4S. The molecule has 5 rings (SSSR count). The van der Waals surface area contributed by atoms with Gasteiger partial charge in [-0.05, 0) is 30.6 Å². The summed E-state index contributed by atoms with van der Waals surface area (Å²) in [6.45, 7) is 6.40. The summed E-state index contributed by atoms with van der Waals surface area (Å²) in [5.41, 5.74) is 4.36. The molecular weight excluding hydrogens is 490 g/mol. The normalized spacial score (nSPS) is 17.8. The highest BCUT2D eigenvalue weighted by Crippen LogP contribution is 2.48. The van der Waals surface area contributed by atoms with E-state index in [4.69, 9.17) is 9.11 Å². The Hall–Kier alpha value is -3.76. The molecule has 3 heterocycles. The summed E-state index contributed by atoms with van der Waals surface area (Å²) in [4.78, 5) is 29.3. The number of hydrogen-bond acceptors (Lipinski definition) is 9. The lowest BCUT2D eigenvalue weighted by molar-refractivity contribution is -0.385. The maximum absolute atomic E-state index is 12.9. The number of benzene rings is 2. The summed E-state index contributed by atoms with van der Waals surface area (Å²) in [5, 5.41) is 16.0. The molecule has 10 heteroatoms. The van der Waals surface area contributed by atoms with Gasteiger partial charge in [-0.2, -0.15) is 4.37 Å². The second kappa shape index (κ2) is 10.7. The third-order valence-corrected chi connectivity index (χ3v) is 7.91. The first-order valence-corrected chi connectivity index (χ1v) is 13.1. The zero-order valence-electron chi connectivity index (χ0n) is 20.8. The van der Waals surface area contributed by atoms with Gasteiger partial charge in [0.25, 0.3) is 5.69 Å². The maximum atomic E-state index is 12.9. The zero-order chi connectivity index (χ0) is 25.9. The lowest BCUT2D eigenvalue weighted by Crippen LogP contribution is -2.47. The fourth-order valence-electron chi connectivity index (χ4n) is 5.22. The minimum atomic E-state index is -0.631. The van der Waals surface area contributed by atoms with Crippen molar-refractivity contribution in [3.05, 3.63) is 92.8 Å². The Kier molecular flexibility index (Phi) is 7.20. The van der Waals surface area contributed by atoms with E-state index in [1.807, 2.05) is 6.07 Å². The lowest BCUT2D eigenvalue weighted by Gasteiger charge is -2.36. The van der Waals surface area contributed by atoms with E-state index < -0.39 is 16.8 Å². The molecule has 1 atom stereocenters. The Balaban J connectivity index is 1.40. The van der Waals surface area contributed by atoms with Crippen LogP contribution in [0.2, 0.25) is 0 Å². The minimum Gasteiger partial charge on any atom is -0.466 e. The van der Waals surface area contributed by atoms with Gasteiger partial charge in [-0.1, -0.05) is 36.4 Å². The van der Waals surface area contributed by atoms with Gasteiger partial charge >= 0.3 is 5.97 Å². The van der Waals surface area contributed by atoms with Gasteiger partial charge in [0, 0.05) is 67.7 Å². The maximum Gasteiger partial charge on any atom is 0.336 e. The molecule has 2 aliphatic rings. The molecule has 192 valence electrons. The summed E-state index contributed by atoms with van der Waals surface area (Å²) in [7, 11) is 1.33. The molecule has 9 nitrogen and oxygen atoms in total. The van der Waals surface area contributed by atoms with Gasteiger partial charge < -0.3 is 15.0 Å². The second-order valence-corrected chi connectivity index (χ2v) is 9.96. The molecule has 1 unspecified atom stereocenters. The van der Waals surface area contributed by atoms with Gasteiger partial charge in [-0.3, -0.25) is 15.0 Å². The first-order chi connectivity index (χ1) is 18.0. The zero-order valence-corrected chi connectivity index (χ0v) is 21.7. The molecule has 1 aromatic heterocycles. The van der Waals surface area contributed by atoms with Crippen LogP contribution >= 0.6 is 11.5 Å². The summed E-state index contributed by atoms with van der Waals surface area (Å²) in [6, 6.07) is 17.0. The Labute approximate surface area is 219 Å². The highest BCUT2D eigenvalue weighted by molar-refractivity contribution is 7.10. The van der Waals surface area contributed by atoms with Crippen LogP contribution in [0.4, 0.5) is 16.4 Å².